The van der Waals surface area contributed by atoms with Crippen LogP contribution in [0.25, 0.3) is 32.0 Å². The van der Waals surface area contributed by atoms with Crippen LogP contribution in [0, 0.1) is 35.5 Å². The molecule has 9 aliphatic rings. The Morgan fingerprint density at radius 3 is 0.876 bits per heavy atom. The molecule has 1 atom stereocenters. The fraction of sp³-hybridized carbons (Fsp3) is 0.779. The average molecular weight is 1630 g/mol. The highest BCUT2D eigenvalue weighted by molar-refractivity contribution is 7.16. The van der Waals surface area contributed by atoms with Gasteiger partial charge in [0, 0.05) is 12.3 Å². The number of nitrogens with one attached hydrogen (secondary N) is 2. The van der Waals surface area contributed by atoms with Crippen molar-refractivity contribution in [1.82, 2.24) is 24.9 Å². The van der Waals surface area contributed by atoms with Crippen LogP contribution in [-0.4, -0.2) is 24.9 Å². The number of thiazole rings is 1. The molecule has 7 nitrogen and oxygen atoms in total. The standard InChI is InChI=1S/C8H16.C7H14.C7H12.C6H12.C6H10.C5H5N3.2C5H3NOS.C5H10.2C5H8.C4H8.18C2H6/c1-8-6-4-2-3-5-7-8;1-7-5-3-2-4-6-7;1-2-4-6-7-5-3-1;1-6-4-2-3-5-6;1-2-4-6-5-3-1;1-2-6-5-4(1)7-3-8-5;1-2-8-5-4(1)6-3-7-5;1-2-7-5-4(1)6-3-8-5;2*1-5-3-2-4-5;1-2-4-5-3-1;1-4-2-3-4;18*1-2/h8H,2-7H2,1H3;7H,2-6H2,1H3;1-2H,3-7H2;6H,2-5H2,1H3;1-2H,3-6H2;1-3,6H,(H,7,8);2*1-3H;5H,2-4H2,1H3;2-3,5H,4H2,1H3;1-2H,3-5H2;4H,2-3H2,1H3;18*1-2H3. The highest BCUT2D eigenvalue weighted by Gasteiger charge is 2.13. The number of thiophene rings is 1. The summed E-state index contributed by atoms with van der Waals surface area (Å²) in [5, 5.41) is 1.96. The lowest BCUT2D eigenvalue weighted by Crippen LogP contribution is -2.04. The summed E-state index contributed by atoms with van der Waals surface area (Å²) in [6, 6.07) is 5.73. The number of hydrogen-bond donors (Lipinski definition) is 2. The molecule has 0 spiro atoms. The first kappa shape index (κ1) is 144. The lowest BCUT2D eigenvalue weighted by Gasteiger charge is -2.18. The minimum absolute atomic E-state index is 0.884. The third-order valence-corrected chi connectivity index (χ3v) is 17.0. The van der Waals surface area contributed by atoms with Crippen LogP contribution in [0.1, 0.15) is 503 Å². The number of furan rings is 1. The van der Waals surface area contributed by atoms with Gasteiger partial charge >= 0.3 is 0 Å². The predicted octanol–water partition coefficient (Wildman–Crippen LogP) is 42.1. The molecule has 5 saturated carbocycles. The van der Waals surface area contributed by atoms with E-state index in [2.05, 4.69) is 115 Å². The summed E-state index contributed by atoms with van der Waals surface area (Å²) in [6.45, 7) is 85.9. The van der Waals surface area contributed by atoms with Crippen molar-refractivity contribution in [1.29, 1.82) is 0 Å². The quantitative estimate of drug-likeness (QED) is 0.117. The largest absolute Gasteiger partial charge is 0.452 e. The summed E-state index contributed by atoms with van der Waals surface area (Å²) in [6.07, 6.45) is 72.1. The minimum Gasteiger partial charge on any atom is -0.452 e. The van der Waals surface area contributed by atoms with E-state index in [9.17, 15) is 0 Å². The Bertz CT molecular complexity index is 1990. The molecule has 1 unspecified atom stereocenters. The van der Waals surface area contributed by atoms with Gasteiger partial charge in [0.05, 0.1) is 23.6 Å². The topological polar surface area (TPSA) is 96.5 Å². The van der Waals surface area contributed by atoms with Gasteiger partial charge in [-0.25, -0.2) is 15.0 Å². The summed E-state index contributed by atoms with van der Waals surface area (Å²) < 4.78 is 9.98. The van der Waals surface area contributed by atoms with E-state index in [1.54, 1.807) is 29.4 Å². The summed E-state index contributed by atoms with van der Waals surface area (Å²) in [7, 11) is 0. The molecule has 15 rings (SSSR count). The Balaban J connectivity index is -0.0000000690. The number of oxazole rings is 1. The molecule has 2 N–H and O–H groups in total. The van der Waals surface area contributed by atoms with Crippen LogP contribution >= 0.6 is 22.7 Å². The van der Waals surface area contributed by atoms with Gasteiger partial charge in [-0.1, -0.05) is 486 Å². The molecule has 6 heterocycles. The molecule has 5 fully saturated rings. The highest BCUT2D eigenvalue weighted by atomic mass is 32.1. The van der Waals surface area contributed by atoms with E-state index in [-0.39, 0.29) is 0 Å². The zero-order valence-electron chi connectivity index (χ0n) is 85.6. The molecule has 682 valence electrons. The van der Waals surface area contributed by atoms with Gasteiger partial charge in [-0.15, -0.1) is 11.3 Å². The van der Waals surface area contributed by atoms with Crippen LogP contribution in [-0.2, 0) is 0 Å². The van der Waals surface area contributed by atoms with Gasteiger partial charge in [0.15, 0.2) is 12.0 Å². The van der Waals surface area contributed by atoms with E-state index in [1.807, 2.05) is 279 Å². The smallest absolute Gasteiger partial charge is 0.208 e. The Kier molecular flexibility index (Phi) is 190. The number of H-pyrrole nitrogens is 2. The second-order valence-electron chi connectivity index (χ2n) is 23.4. The Labute approximate surface area is 724 Å². The Hall–Kier alpha value is -3.95. The van der Waals surface area contributed by atoms with Gasteiger partial charge in [-0.05, 0) is 130 Å². The molecular weight excluding hydrogens is 1420 g/mol. The summed E-state index contributed by atoms with van der Waals surface area (Å²) >= 11 is 3.08. The minimum atomic E-state index is 0.884. The number of allylic oxidation sites excluding steroid dienone is 8. The molecule has 0 radical (unpaired) electrons. The molecule has 0 aromatic carbocycles. The molecule has 6 aromatic rings. The molecule has 113 heavy (non-hydrogen) atoms. The maximum atomic E-state index is 5.01. The average Bonchev–Trinajstić information content (AvgIpc) is 1.75. The van der Waals surface area contributed by atoms with Crippen LogP contribution in [0.2, 0.25) is 0 Å². The SMILES string of the molecule is C1=CCCC1.C1=CCCCC1.C1=CCCCCC1.CC.CC.CC.CC.CC.CC.CC.CC.CC.CC.CC.CC.CC.CC.CC.CC.CC.CC.CC1C=CC1.CC1CC1.CC1CCC1.CC1CCCC1.CC1CCCCC1.CC1CCCCCC1.c1cc2ncsc2o1.c1nc2[nH]ccc2[nH]1.c1nc2ccsc2o1. The van der Waals surface area contributed by atoms with Gasteiger partial charge in [-0.3, -0.25) is 0 Å². The monoisotopic (exact) mass is 1630 g/mol. The van der Waals surface area contributed by atoms with Crippen LogP contribution in [0.15, 0.2) is 112 Å². The van der Waals surface area contributed by atoms with Crippen molar-refractivity contribution in [3.05, 3.63) is 103 Å². The predicted molar refractivity (Wildman–Crippen MR) is 542 cm³/mol. The van der Waals surface area contributed by atoms with E-state index in [1.165, 1.54) is 230 Å². The zero-order chi connectivity index (χ0) is 90.6. The third kappa shape index (κ3) is 119. The van der Waals surface area contributed by atoms with Crippen molar-refractivity contribution in [3.63, 3.8) is 0 Å². The van der Waals surface area contributed by atoms with E-state index in [0.717, 1.165) is 67.5 Å². The fourth-order valence-electron chi connectivity index (χ4n) is 9.35. The van der Waals surface area contributed by atoms with Crippen LogP contribution in [0.5, 0.6) is 0 Å². The maximum Gasteiger partial charge on any atom is 0.208 e. The molecule has 9 heteroatoms. The second kappa shape index (κ2) is 149. The first-order valence-electron chi connectivity index (χ1n) is 49.4. The maximum absolute atomic E-state index is 5.01. The van der Waals surface area contributed by atoms with E-state index < -0.39 is 0 Å². The Morgan fingerprint density at radius 2 is 0.602 bits per heavy atom. The number of rotatable bonds is 0. The van der Waals surface area contributed by atoms with Crippen LogP contribution in [0.4, 0.5) is 0 Å². The highest BCUT2D eigenvalue weighted by Crippen LogP contribution is 2.27. The molecule has 6 aromatic heterocycles. The molecule has 0 bridgehead atoms. The van der Waals surface area contributed by atoms with Crippen LogP contribution < -0.4 is 0 Å². The first-order valence-corrected chi connectivity index (χ1v) is 51.1. The van der Waals surface area contributed by atoms with Crippen molar-refractivity contribution in [2.24, 2.45) is 35.5 Å². The third-order valence-electron chi connectivity index (χ3n) is 15.5. The fourth-order valence-corrected chi connectivity index (χ4v) is 10.6. The molecule has 0 aliphatic heterocycles. The van der Waals surface area contributed by atoms with Gasteiger partial charge in [0.1, 0.15) is 11.0 Å². The van der Waals surface area contributed by atoms with Crippen molar-refractivity contribution in [2.75, 3.05) is 0 Å². The second-order valence-corrected chi connectivity index (χ2v) is 25.1. The van der Waals surface area contributed by atoms with Gasteiger partial charge in [-0.2, -0.15) is 0 Å². The lowest BCUT2D eigenvalue weighted by atomic mass is 9.88. The van der Waals surface area contributed by atoms with E-state index in [4.69, 9.17) is 8.83 Å². The summed E-state index contributed by atoms with van der Waals surface area (Å²) in [4.78, 5) is 19.6. The van der Waals surface area contributed by atoms with Crippen molar-refractivity contribution in [2.45, 2.75) is 503 Å². The van der Waals surface area contributed by atoms with E-state index >= 15 is 0 Å². The number of hydrogen-bond acceptors (Lipinski definition) is 7. The van der Waals surface area contributed by atoms with Gasteiger partial charge in [0.2, 0.25) is 9.79 Å². The molecule has 9 aliphatic carbocycles. The zero-order valence-corrected chi connectivity index (χ0v) is 87.2. The van der Waals surface area contributed by atoms with Crippen molar-refractivity contribution in [3.8, 4) is 0 Å². The summed E-state index contributed by atoms with van der Waals surface area (Å²) in [5.41, 5.74) is 5.66. The summed E-state index contributed by atoms with van der Waals surface area (Å²) in [5.74, 6) is 6.14. The van der Waals surface area contributed by atoms with Gasteiger partial charge in [0.25, 0.3) is 0 Å². The van der Waals surface area contributed by atoms with Crippen molar-refractivity contribution >= 4 is 54.7 Å². The van der Waals surface area contributed by atoms with Crippen LogP contribution in [0.3, 0.4) is 0 Å². The number of fused-ring (bicyclic) bond motifs is 3. The molecule has 0 saturated heterocycles. The van der Waals surface area contributed by atoms with Crippen molar-refractivity contribution < 1.29 is 8.83 Å². The first-order chi connectivity index (χ1) is 55.8. The lowest BCUT2D eigenvalue weighted by molar-refractivity contribution is 0.346. The number of aromatic nitrogens is 5. The van der Waals surface area contributed by atoms with E-state index in [0.29, 0.717) is 0 Å². The Morgan fingerprint density at radius 1 is 0.301 bits per heavy atom. The van der Waals surface area contributed by atoms with Gasteiger partial charge < -0.3 is 18.8 Å². The number of nitrogens with zero attached hydrogens (tertiary/aromatic N) is 3. The molecular formula is C104H217N5O2S2. The number of imidazole rings is 1. The normalized spacial score (nSPS) is 14.8. The number of aromatic amines is 2. The molecule has 0 amide bonds.